The zero-order valence-corrected chi connectivity index (χ0v) is 14.6. The van der Waals surface area contributed by atoms with E-state index in [-0.39, 0.29) is 10.7 Å². The zero-order chi connectivity index (χ0) is 19.1. The van der Waals surface area contributed by atoms with Crippen molar-refractivity contribution in [2.24, 2.45) is 5.10 Å². The van der Waals surface area contributed by atoms with E-state index in [1.165, 1.54) is 32.6 Å². The summed E-state index contributed by atoms with van der Waals surface area (Å²) in [6, 6.07) is 8.65. The van der Waals surface area contributed by atoms with Gasteiger partial charge in [0.1, 0.15) is 5.82 Å². The summed E-state index contributed by atoms with van der Waals surface area (Å²) in [6.07, 6.45) is 1.31. The molecule has 0 spiro atoms. The number of hydrogen-bond donors (Lipinski definition) is 2. The molecule has 0 unspecified atom stereocenters. The fourth-order valence-corrected chi connectivity index (χ4v) is 2.17. The van der Waals surface area contributed by atoms with E-state index < -0.39 is 17.6 Å². The van der Waals surface area contributed by atoms with Gasteiger partial charge in [0, 0.05) is 11.3 Å². The molecule has 0 fully saturated rings. The van der Waals surface area contributed by atoms with Crippen molar-refractivity contribution in [3.63, 3.8) is 0 Å². The Morgan fingerprint density at radius 1 is 1.15 bits per heavy atom. The van der Waals surface area contributed by atoms with Gasteiger partial charge >= 0.3 is 11.8 Å². The molecule has 0 aromatic heterocycles. The maximum absolute atomic E-state index is 13.1. The number of nitrogens with one attached hydrogen (secondary N) is 2. The van der Waals surface area contributed by atoms with Crippen LogP contribution in [0.4, 0.5) is 10.1 Å². The summed E-state index contributed by atoms with van der Waals surface area (Å²) in [6.45, 7) is 0. The Hall–Kier alpha value is -3.13. The average molecular weight is 380 g/mol. The normalized spacial score (nSPS) is 10.5. The largest absolute Gasteiger partial charge is 0.493 e. The minimum Gasteiger partial charge on any atom is -0.493 e. The molecule has 0 aliphatic rings. The van der Waals surface area contributed by atoms with Crippen LogP contribution in [-0.2, 0) is 9.59 Å². The van der Waals surface area contributed by atoms with Gasteiger partial charge in [-0.15, -0.1) is 0 Å². The van der Waals surface area contributed by atoms with E-state index in [1.54, 1.807) is 18.2 Å². The molecule has 2 rings (SSSR count). The van der Waals surface area contributed by atoms with Crippen molar-refractivity contribution in [1.29, 1.82) is 0 Å². The van der Waals surface area contributed by atoms with E-state index in [4.69, 9.17) is 21.1 Å². The van der Waals surface area contributed by atoms with E-state index in [9.17, 15) is 14.0 Å². The second-order valence-electron chi connectivity index (χ2n) is 4.86. The lowest BCUT2D eigenvalue weighted by Gasteiger charge is -2.09. The number of hydrogen-bond acceptors (Lipinski definition) is 5. The number of amides is 2. The molecule has 0 saturated heterocycles. The first-order valence-corrected chi connectivity index (χ1v) is 7.64. The molecule has 0 aliphatic carbocycles. The van der Waals surface area contributed by atoms with Crippen LogP contribution < -0.4 is 20.2 Å². The van der Waals surface area contributed by atoms with Crippen molar-refractivity contribution in [2.75, 3.05) is 19.5 Å². The summed E-state index contributed by atoms with van der Waals surface area (Å²) in [5.74, 6) is -1.70. The molecule has 0 aliphatic heterocycles. The highest BCUT2D eigenvalue weighted by molar-refractivity contribution is 6.39. The number of para-hydroxylation sites is 1. The maximum atomic E-state index is 13.1. The van der Waals surface area contributed by atoms with E-state index in [0.29, 0.717) is 17.1 Å². The monoisotopic (exact) mass is 379 g/mol. The van der Waals surface area contributed by atoms with Crippen LogP contribution in [0.2, 0.25) is 5.02 Å². The van der Waals surface area contributed by atoms with Gasteiger partial charge in [-0.25, -0.2) is 9.82 Å². The molecule has 2 N–H and O–H groups in total. The standard InChI is InChI=1S/C17H15ClFN3O4/c1-25-14-5-3-4-10(15(14)26-2)9-20-22-17(24)16(23)21-11-6-7-13(19)12(18)8-11/h3-9H,1-2H3,(H,21,23)(H,22,24)/b20-9+. The van der Waals surface area contributed by atoms with Gasteiger partial charge in [0.2, 0.25) is 0 Å². The van der Waals surface area contributed by atoms with Crippen molar-refractivity contribution >= 4 is 35.3 Å². The number of anilines is 1. The summed E-state index contributed by atoms with van der Waals surface area (Å²) < 4.78 is 23.4. The first-order chi connectivity index (χ1) is 12.5. The van der Waals surface area contributed by atoms with E-state index in [1.807, 2.05) is 0 Å². The van der Waals surface area contributed by atoms with Crippen molar-refractivity contribution in [3.8, 4) is 11.5 Å². The fourth-order valence-electron chi connectivity index (χ4n) is 1.99. The average Bonchev–Trinajstić information content (AvgIpc) is 2.64. The van der Waals surface area contributed by atoms with Gasteiger partial charge < -0.3 is 14.8 Å². The lowest BCUT2D eigenvalue weighted by molar-refractivity contribution is -0.136. The predicted molar refractivity (Wildman–Crippen MR) is 95.3 cm³/mol. The van der Waals surface area contributed by atoms with Gasteiger partial charge in [-0.1, -0.05) is 17.7 Å². The fraction of sp³-hybridized carbons (Fsp3) is 0.118. The highest BCUT2D eigenvalue weighted by Crippen LogP contribution is 2.29. The zero-order valence-electron chi connectivity index (χ0n) is 13.9. The van der Waals surface area contributed by atoms with Crippen molar-refractivity contribution < 1.29 is 23.5 Å². The van der Waals surface area contributed by atoms with Crippen molar-refractivity contribution in [1.82, 2.24) is 5.43 Å². The van der Waals surface area contributed by atoms with Crippen LogP contribution in [0.5, 0.6) is 11.5 Å². The Bertz CT molecular complexity index is 858. The molecule has 0 heterocycles. The first-order valence-electron chi connectivity index (χ1n) is 7.26. The second kappa shape index (κ2) is 8.82. The first kappa shape index (κ1) is 19.2. The maximum Gasteiger partial charge on any atom is 0.329 e. The van der Waals surface area contributed by atoms with Gasteiger partial charge in [0.15, 0.2) is 11.5 Å². The Kier molecular flexibility index (Phi) is 6.51. The Balaban J connectivity index is 2.00. The molecule has 0 atom stereocenters. The van der Waals surface area contributed by atoms with Crippen LogP contribution >= 0.6 is 11.6 Å². The van der Waals surface area contributed by atoms with Crippen molar-refractivity contribution in [2.45, 2.75) is 0 Å². The Morgan fingerprint density at radius 3 is 2.58 bits per heavy atom. The molecule has 2 aromatic rings. The smallest absolute Gasteiger partial charge is 0.329 e. The molecule has 0 saturated carbocycles. The number of methoxy groups -OCH3 is 2. The van der Waals surface area contributed by atoms with E-state index in [2.05, 4.69) is 15.8 Å². The van der Waals surface area contributed by atoms with Gasteiger partial charge in [0.25, 0.3) is 0 Å². The number of ether oxygens (including phenoxy) is 2. The highest BCUT2D eigenvalue weighted by atomic mass is 35.5. The minimum absolute atomic E-state index is 0.175. The number of halogens is 2. The van der Waals surface area contributed by atoms with Crippen molar-refractivity contribution in [3.05, 3.63) is 52.8 Å². The number of rotatable bonds is 5. The number of benzene rings is 2. The number of carbonyl (C=O) groups is 2. The quantitative estimate of drug-likeness (QED) is 0.474. The molecule has 9 heteroatoms. The lowest BCUT2D eigenvalue weighted by atomic mass is 10.2. The number of nitrogens with zero attached hydrogens (tertiary/aromatic N) is 1. The molecule has 0 bridgehead atoms. The van der Waals surface area contributed by atoms with Gasteiger partial charge in [0.05, 0.1) is 25.5 Å². The molecular weight excluding hydrogens is 365 g/mol. The molecular formula is C17H15ClFN3O4. The third-order valence-electron chi connectivity index (χ3n) is 3.19. The molecule has 0 radical (unpaired) electrons. The van der Waals surface area contributed by atoms with Crippen LogP contribution in [0.3, 0.4) is 0 Å². The molecule has 2 aromatic carbocycles. The topological polar surface area (TPSA) is 89.0 Å². The Labute approximate surface area is 153 Å². The summed E-state index contributed by atoms with van der Waals surface area (Å²) in [7, 11) is 2.96. The summed E-state index contributed by atoms with van der Waals surface area (Å²) in [5.41, 5.74) is 2.80. The van der Waals surface area contributed by atoms with E-state index in [0.717, 1.165) is 6.07 Å². The SMILES string of the molecule is COc1cccc(/C=N/NC(=O)C(=O)Nc2ccc(F)c(Cl)c2)c1OC. The summed E-state index contributed by atoms with van der Waals surface area (Å²) in [5, 5.41) is 5.82. The lowest BCUT2D eigenvalue weighted by Crippen LogP contribution is -2.32. The number of carbonyl (C=O) groups excluding carboxylic acids is 2. The van der Waals surface area contributed by atoms with Gasteiger partial charge in [-0.2, -0.15) is 5.10 Å². The van der Waals surface area contributed by atoms with Gasteiger partial charge in [-0.3, -0.25) is 9.59 Å². The molecule has 26 heavy (non-hydrogen) atoms. The minimum atomic E-state index is -1.01. The van der Waals surface area contributed by atoms with Crippen LogP contribution in [0, 0.1) is 5.82 Å². The molecule has 7 nitrogen and oxygen atoms in total. The van der Waals surface area contributed by atoms with Crippen LogP contribution in [0.1, 0.15) is 5.56 Å². The molecule has 2 amide bonds. The third kappa shape index (κ3) is 4.70. The highest BCUT2D eigenvalue weighted by Gasteiger charge is 2.14. The number of hydrazone groups is 1. The predicted octanol–water partition coefficient (Wildman–Crippen LogP) is 2.59. The summed E-state index contributed by atoms with van der Waals surface area (Å²) >= 11 is 5.61. The van der Waals surface area contributed by atoms with E-state index >= 15 is 0 Å². The second-order valence-corrected chi connectivity index (χ2v) is 5.27. The van der Waals surface area contributed by atoms with Crippen LogP contribution in [0.15, 0.2) is 41.5 Å². The third-order valence-corrected chi connectivity index (χ3v) is 3.48. The Morgan fingerprint density at radius 2 is 1.92 bits per heavy atom. The summed E-state index contributed by atoms with van der Waals surface area (Å²) in [4.78, 5) is 23.6. The van der Waals surface area contributed by atoms with Crippen LogP contribution in [0.25, 0.3) is 0 Å². The van der Waals surface area contributed by atoms with Gasteiger partial charge in [-0.05, 0) is 30.3 Å². The van der Waals surface area contributed by atoms with Crippen LogP contribution in [-0.4, -0.2) is 32.2 Å². The molecule has 136 valence electrons.